The Hall–Kier alpha value is -1.89. The van der Waals surface area contributed by atoms with E-state index in [0.29, 0.717) is 45.4 Å². The summed E-state index contributed by atoms with van der Waals surface area (Å²) in [5, 5.41) is 13.2. The fraction of sp³-hybridized carbons (Fsp3) is 0.688. The molecule has 0 bridgehead atoms. The summed E-state index contributed by atoms with van der Waals surface area (Å²) in [7, 11) is 1.86. The van der Waals surface area contributed by atoms with Gasteiger partial charge in [-0.2, -0.15) is 5.10 Å². The van der Waals surface area contributed by atoms with Crippen LogP contribution in [0.5, 0.6) is 0 Å². The second-order valence-corrected chi connectivity index (χ2v) is 6.48. The zero-order valence-corrected chi connectivity index (χ0v) is 13.4. The molecular formula is C16H23N3O4. The third kappa shape index (κ3) is 3.55. The monoisotopic (exact) mass is 321 g/mol. The quantitative estimate of drug-likeness (QED) is 0.904. The van der Waals surface area contributed by atoms with Gasteiger partial charge in [-0.15, -0.1) is 0 Å². The van der Waals surface area contributed by atoms with Crippen molar-refractivity contribution in [3.8, 4) is 0 Å². The van der Waals surface area contributed by atoms with Crippen molar-refractivity contribution in [3.05, 3.63) is 18.0 Å². The van der Waals surface area contributed by atoms with Crippen LogP contribution in [0.1, 0.15) is 37.4 Å². The lowest BCUT2D eigenvalue weighted by atomic mass is 9.81. The molecule has 3 rings (SSSR count). The summed E-state index contributed by atoms with van der Waals surface area (Å²) < 4.78 is 7.50. The van der Waals surface area contributed by atoms with Crippen LogP contribution in [-0.2, 0) is 21.4 Å². The number of aromatic nitrogens is 2. The first-order chi connectivity index (χ1) is 11.0. The molecule has 2 aliphatic rings. The van der Waals surface area contributed by atoms with Crippen LogP contribution < -0.4 is 0 Å². The minimum atomic E-state index is -0.737. The molecule has 0 aromatic carbocycles. The summed E-state index contributed by atoms with van der Waals surface area (Å²) in [6, 6.07) is 0. The fourth-order valence-corrected chi connectivity index (χ4v) is 3.50. The fourth-order valence-electron chi connectivity index (χ4n) is 3.50. The maximum absolute atomic E-state index is 12.7. The Morgan fingerprint density at radius 3 is 2.57 bits per heavy atom. The minimum absolute atomic E-state index is 0.0433. The van der Waals surface area contributed by atoms with Gasteiger partial charge in [0.25, 0.3) is 0 Å². The Morgan fingerprint density at radius 2 is 1.96 bits per heavy atom. The van der Waals surface area contributed by atoms with Crippen molar-refractivity contribution in [3.63, 3.8) is 0 Å². The van der Waals surface area contributed by atoms with Crippen LogP contribution >= 0.6 is 0 Å². The molecule has 1 saturated heterocycles. The van der Waals surface area contributed by atoms with Crippen LogP contribution in [0.25, 0.3) is 0 Å². The van der Waals surface area contributed by atoms with Gasteiger partial charge in [0.05, 0.1) is 25.3 Å². The molecule has 0 radical (unpaired) electrons. The van der Waals surface area contributed by atoms with E-state index in [-0.39, 0.29) is 23.8 Å². The van der Waals surface area contributed by atoms with E-state index in [4.69, 9.17) is 9.84 Å². The van der Waals surface area contributed by atoms with Crippen molar-refractivity contribution < 1.29 is 19.4 Å². The molecule has 1 aromatic heterocycles. The van der Waals surface area contributed by atoms with Crippen LogP contribution in [0, 0.1) is 11.8 Å². The lowest BCUT2D eigenvalue weighted by molar-refractivity contribution is -0.148. The SMILES string of the molecule is Cn1cc(C2CN(C(=O)C3CCC(C(=O)O)CC3)CCO2)cn1. The number of aryl methyl sites for hydroxylation is 1. The number of aliphatic carboxylic acids is 1. The second kappa shape index (κ2) is 6.70. The number of rotatable bonds is 3. The van der Waals surface area contributed by atoms with Gasteiger partial charge in [0.15, 0.2) is 0 Å². The highest BCUT2D eigenvalue weighted by Crippen LogP contribution is 2.31. The standard InChI is InChI=1S/C16H23N3O4/c1-18-9-13(8-17-18)14-10-19(6-7-23-14)15(20)11-2-4-12(5-3-11)16(21)22/h8-9,11-12,14H,2-7,10H2,1H3,(H,21,22). The molecule has 2 heterocycles. The lowest BCUT2D eigenvalue weighted by Crippen LogP contribution is -2.45. The predicted molar refractivity (Wildman–Crippen MR) is 81.6 cm³/mol. The highest BCUT2D eigenvalue weighted by atomic mass is 16.5. The van der Waals surface area contributed by atoms with E-state index in [2.05, 4.69) is 5.10 Å². The molecule has 126 valence electrons. The molecule has 7 heteroatoms. The highest BCUT2D eigenvalue weighted by Gasteiger charge is 2.34. The first-order valence-corrected chi connectivity index (χ1v) is 8.16. The van der Waals surface area contributed by atoms with Crippen LogP contribution in [-0.4, -0.2) is 51.4 Å². The predicted octanol–water partition coefficient (Wildman–Crippen LogP) is 1.21. The van der Waals surface area contributed by atoms with Crippen molar-refractivity contribution in [1.82, 2.24) is 14.7 Å². The molecule has 1 aromatic rings. The number of nitrogens with zero attached hydrogens (tertiary/aromatic N) is 3. The largest absolute Gasteiger partial charge is 0.481 e. The number of carbonyl (C=O) groups excluding carboxylic acids is 1. The van der Waals surface area contributed by atoms with E-state index in [1.165, 1.54) is 0 Å². The van der Waals surface area contributed by atoms with Crippen molar-refractivity contribution in [2.45, 2.75) is 31.8 Å². The van der Waals surface area contributed by atoms with Crippen molar-refractivity contribution in [1.29, 1.82) is 0 Å². The maximum Gasteiger partial charge on any atom is 0.306 e. The van der Waals surface area contributed by atoms with Crippen molar-refractivity contribution in [2.75, 3.05) is 19.7 Å². The Morgan fingerprint density at radius 1 is 1.26 bits per heavy atom. The molecule has 7 nitrogen and oxygen atoms in total. The maximum atomic E-state index is 12.7. The molecule has 2 fully saturated rings. The second-order valence-electron chi connectivity index (χ2n) is 6.48. The number of hydrogen-bond acceptors (Lipinski definition) is 4. The van der Waals surface area contributed by atoms with Crippen molar-refractivity contribution >= 4 is 11.9 Å². The molecule has 1 amide bonds. The molecule has 1 atom stereocenters. The highest BCUT2D eigenvalue weighted by molar-refractivity contribution is 5.79. The summed E-state index contributed by atoms with van der Waals surface area (Å²) in [5.41, 5.74) is 0.986. The van der Waals surface area contributed by atoms with Gasteiger partial charge in [0, 0.05) is 31.3 Å². The van der Waals surface area contributed by atoms with Gasteiger partial charge in [-0.25, -0.2) is 0 Å². The van der Waals surface area contributed by atoms with Gasteiger partial charge in [0.2, 0.25) is 5.91 Å². The normalized spacial score (nSPS) is 28.6. The number of ether oxygens (including phenoxy) is 1. The Kier molecular flexibility index (Phi) is 4.66. The van der Waals surface area contributed by atoms with Crippen LogP contribution in [0.15, 0.2) is 12.4 Å². The summed E-state index contributed by atoms with van der Waals surface area (Å²) in [6.45, 7) is 1.67. The Labute approximate surface area is 135 Å². The van der Waals surface area contributed by atoms with Crippen LogP contribution in [0.4, 0.5) is 0 Å². The van der Waals surface area contributed by atoms with Gasteiger partial charge in [-0.3, -0.25) is 14.3 Å². The lowest BCUT2D eigenvalue weighted by Gasteiger charge is -2.36. The third-order valence-corrected chi connectivity index (χ3v) is 4.90. The van der Waals surface area contributed by atoms with Gasteiger partial charge >= 0.3 is 5.97 Å². The minimum Gasteiger partial charge on any atom is -0.481 e. The van der Waals surface area contributed by atoms with Crippen LogP contribution in [0.3, 0.4) is 0 Å². The number of carboxylic acid groups (broad SMARTS) is 1. The van der Waals surface area contributed by atoms with Crippen LogP contribution in [0.2, 0.25) is 0 Å². The first kappa shape index (κ1) is 16.0. The number of carboxylic acids is 1. The summed E-state index contributed by atoms with van der Waals surface area (Å²) >= 11 is 0. The molecule has 1 unspecified atom stereocenters. The van der Waals surface area contributed by atoms with Gasteiger partial charge in [-0.1, -0.05) is 0 Å². The average molecular weight is 321 g/mol. The number of carbonyl (C=O) groups is 2. The van der Waals surface area contributed by atoms with E-state index in [0.717, 1.165) is 5.56 Å². The molecule has 0 spiro atoms. The average Bonchev–Trinajstić information content (AvgIpc) is 3.01. The topological polar surface area (TPSA) is 84.7 Å². The molecule has 1 aliphatic heterocycles. The summed E-state index contributed by atoms with van der Waals surface area (Å²) in [5.74, 6) is -0.921. The summed E-state index contributed by atoms with van der Waals surface area (Å²) in [4.78, 5) is 25.6. The molecule has 1 saturated carbocycles. The Bertz CT molecular complexity index is 578. The summed E-state index contributed by atoms with van der Waals surface area (Å²) in [6.07, 6.45) is 6.10. The number of hydrogen-bond donors (Lipinski definition) is 1. The zero-order chi connectivity index (χ0) is 16.4. The smallest absolute Gasteiger partial charge is 0.306 e. The third-order valence-electron chi connectivity index (χ3n) is 4.90. The van der Waals surface area contributed by atoms with E-state index in [1.807, 2.05) is 18.1 Å². The van der Waals surface area contributed by atoms with E-state index >= 15 is 0 Å². The van der Waals surface area contributed by atoms with Gasteiger partial charge < -0.3 is 14.7 Å². The van der Waals surface area contributed by atoms with Gasteiger partial charge in [0.1, 0.15) is 6.10 Å². The molecular weight excluding hydrogens is 298 g/mol. The van der Waals surface area contributed by atoms with Gasteiger partial charge in [-0.05, 0) is 25.7 Å². The molecule has 1 N–H and O–H groups in total. The van der Waals surface area contributed by atoms with E-state index < -0.39 is 5.97 Å². The number of amides is 1. The number of morpholine rings is 1. The molecule has 1 aliphatic carbocycles. The first-order valence-electron chi connectivity index (χ1n) is 8.16. The zero-order valence-electron chi connectivity index (χ0n) is 13.4. The Balaban J connectivity index is 1.58. The molecule has 23 heavy (non-hydrogen) atoms. The van der Waals surface area contributed by atoms with Crippen molar-refractivity contribution in [2.24, 2.45) is 18.9 Å². The van der Waals surface area contributed by atoms with E-state index in [9.17, 15) is 9.59 Å². The van der Waals surface area contributed by atoms with E-state index in [1.54, 1.807) is 10.9 Å².